The van der Waals surface area contributed by atoms with Crippen LogP contribution in [0.3, 0.4) is 0 Å². The number of nitrogens with one attached hydrogen (secondary N) is 2. The zero-order valence-corrected chi connectivity index (χ0v) is 18.5. The van der Waals surface area contributed by atoms with E-state index in [0.717, 1.165) is 18.1 Å². The Balaban J connectivity index is 0.00000280. The van der Waals surface area contributed by atoms with Crippen molar-refractivity contribution in [1.82, 2.24) is 15.6 Å². The van der Waals surface area contributed by atoms with E-state index in [-0.39, 0.29) is 29.8 Å². The molecule has 0 saturated carbocycles. The van der Waals surface area contributed by atoms with E-state index in [1.165, 1.54) is 17.7 Å². The monoisotopic (exact) mass is 512 g/mol. The average Bonchev–Trinajstić information content (AvgIpc) is 3.21. The van der Waals surface area contributed by atoms with Crippen molar-refractivity contribution in [2.45, 2.75) is 20.0 Å². The zero-order chi connectivity index (χ0) is 18.9. The van der Waals surface area contributed by atoms with Gasteiger partial charge in [0.05, 0.1) is 6.54 Å². The third-order valence-electron chi connectivity index (χ3n) is 3.64. The molecule has 3 rings (SSSR count). The van der Waals surface area contributed by atoms with Gasteiger partial charge in [0.2, 0.25) is 5.88 Å². The fourth-order valence-electron chi connectivity index (χ4n) is 2.28. The first-order chi connectivity index (χ1) is 13.2. The van der Waals surface area contributed by atoms with Crippen molar-refractivity contribution in [2.24, 2.45) is 4.99 Å². The van der Waals surface area contributed by atoms with E-state index in [1.54, 1.807) is 35.7 Å². The van der Waals surface area contributed by atoms with Crippen LogP contribution in [0.5, 0.6) is 11.6 Å². The molecular weight excluding hydrogens is 490 g/mol. The molecule has 0 aliphatic rings. The van der Waals surface area contributed by atoms with E-state index in [0.29, 0.717) is 24.7 Å². The van der Waals surface area contributed by atoms with Crippen LogP contribution < -0.4 is 15.4 Å². The number of nitrogens with zero attached hydrogens (tertiary/aromatic N) is 2. The molecule has 2 aromatic heterocycles. The minimum atomic E-state index is -0.297. The largest absolute Gasteiger partial charge is 0.439 e. The fourth-order valence-corrected chi connectivity index (χ4v) is 2.94. The number of guanidine groups is 1. The molecular formula is C20H22FIN4OS. The van der Waals surface area contributed by atoms with Crippen molar-refractivity contribution in [1.29, 1.82) is 0 Å². The van der Waals surface area contributed by atoms with Crippen molar-refractivity contribution in [3.63, 3.8) is 0 Å². The Morgan fingerprint density at radius 1 is 1.11 bits per heavy atom. The van der Waals surface area contributed by atoms with E-state index >= 15 is 0 Å². The Labute approximate surface area is 185 Å². The van der Waals surface area contributed by atoms with Gasteiger partial charge in [-0.15, -0.1) is 24.0 Å². The second-order valence-electron chi connectivity index (χ2n) is 5.74. The molecule has 0 radical (unpaired) electrons. The number of rotatable bonds is 7. The molecule has 0 amide bonds. The van der Waals surface area contributed by atoms with Crippen LogP contribution in [-0.4, -0.2) is 17.5 Å². The van der Waals surface area contributed by atoms with E-state index in [1.807, 2.05) is 18.4 Å². The topological polar surface area (TPSA) is 58.5 Å². The maximum Gasteiger partial charge on any atom is 0.219 e. The first-order valence-electron chi connectivity index (χ1n) is 8.64. The van der Waals surface area contributed by atoms with Gasteiger partial charge in [0.15, 0.2) is 5.96 Å². The number of pyridine rings is 1. The zero-order valence-electron chi connectivity index (χ0n) is 15.4. The van der Waals surface area contributed by atoms with Crippen molar-refractivity contribution < 1.29 is 9.13 Å². The fraction of sp³-hybridized carbons (Fsp3) is 0.200. The normalized spacial score (nSPS) is 10.9. The SMILES string of the molecule is CCNC(=NCc1ccsc1)NCc1ccc(Oc2ccc(F)cc2)nc1.I. The van der Waals surface area contributed by atoms with Crippen molar-refractivity contribution in [2.75, 3.05) is 6.54 Å². The minimum Gasteiger partial charge on any atom is -0.439 e. The summed E-state index contributed by atoms with van der Waals surface area (Å²) >= 11 is 1.67. The maximum absolute atomic E-state index is 12.9. The van der Waals surface area contributed by atoms with Crippen LogP contribution >= 0.6 is 35.3 Å². The first-order valence-corrected chi connectivity index (χ1v) is 9.59. The Kier molecular flexibility index (Phi) is 9.15. The molecule has 2 heterocycles. The molecule has 0 aliphatic carbocycles. The van der Waals surface area contributed by atoms with E-state index in [4.69, 9.17) is 4.74 Å². The Hall–Kier alpha value is -2.20. The highest BCUT2D eigenvalue weighted by atomic mass is 127. The summed E-state index contributed by atoms with van der Waals surface area (Å²) < 4.78 is 18.5. The number of hydrogen-bond acceptors (Lipinski definition) is 4. The summed E-state index contributed by atoms with van der Waals surface area (Å²) in [6.45, 7) is 4.06. The third-order valence-corrected chi connectivity index (χ3v) is 4.37. The van der Waals surface area contributed by atoms with Gasteiger partial charge >= 0.3 is 0 Å². The summed E-state index contributed by atoms with van der Waals surface area (Å²) in [6.07, 6.45) is 1.74. The van der Waals surface area contributed by atoms with Gasteiger partial charge in [0.1, 0.15) is 11.6 Å². The molecule has 0 spiro atoms. The van der Waals surface area contributed by atoms with Crippen molar-refractivity contribution in [3.05, 3.63) is 76.4 Å². The van der Waals surface area contributed by atoms with Crippen LogP contribution in [0, 0.1) is 5.82 Å². The number of halogens is 2. The van der Waals surface area contributed by atoms with Crippen LogP contribution in [0.25, 0.3) is 0 Å². The molecule has 0 saturated heterocycles. The average molecular weight is 512 g/mol. The molecule has 2 N–H and O–H groups in total. The van der Waals surface area contributed by atoms with Crippen LogP contribution in [0.1, 0.15) is 18.1 Å². The predicted octanol–water partition coefficient (Wildman–Crippen LogP) is 4.95. The molecule has 28 heavy (non-hydrogen) atoms. The highest BCUT2D eigenvalue weighted by Crippen LogP contribution is 2.19. The second kappa shape index (κ2) is 11.6. The highest BCUT2D eigenvalue weighted by Gasteiger charge is 2.02. The van der Waals surface area contributed by atoms with Crippen LogP contribution in [0.15, 0.2) is 64.4 Å². The van der Waals surface area contributed by atoms with E-state index in [2.05, 4.69) is 32.1 Å². The van der Waals surface area contributed by atoms with E-state index < -0.39 is 0 Å². The molecule has 8 heteroatoms. The molecule has 0 unspecified atom stereocenters. The maximum atomic E-state index is 12.9. The minimum absolute atomic E-state index is 0. The van der Waals surface area contributed by atoms with Crippen LogP contribution in [0.4, 0.5) is 4.39 Å². The number of aromatic nitrogens is 1. The van der Waals surface area contributed by atoms with Gasteiger partial charge in [-0.3, -0.25) is 0 Å². The summed E-state index contributed by atoms with van der Waals surface area (Å²) in [6, 6.07) is 11.6. The summed E-state index contributed by atoms with van der Waals surface area (Å²) in [5.41, 5.74) is 2.20. The Bertz CT molecular complexity index is 855. The number of benzene rings is 1. The molecule has 3 aromatic rings. The van der Waals surface area contributed by atoms with Crippen LogP contribution in [0.2, 0.25) is 0 Å². The van der Waals surface area contributed by atoms with E-state index in [9.17, 15) is 4.39 Å². The molecule has 1 aromatic carbocycles. The van der Waals surface area contributed by atoms with Crippen molar-refractivity contribution in [3.8, 4) is 11.6 Å². The lowest BCUT2D eigenvalue weighted by Gasteiger charge is -2.11. The predicted molar refractivity (Wildman–Crippen MR) is 122 cm³/mol. The standard InChI is InChI=1S/C20H21FN4OS.HI/c1-2-22-20(25-13-16-9-10-27-14-16)24-12-15-3-8-19(23-11-15)26-18-6-4-17(21)5-7-18;/h3-11,14H,2,12-13H2,1H3,(H2,22,24,25);1H. The molecule has 0 fully saturated rings. The number of aliphatic imine (C=N–C) groups is 1. The van der Waals surface area contributed by atoms with Gasteiger partial charge in [-0.25, -0.2) is 14.4 Å². The Morgan fingerprint density at radius 3 is 2.57 bits per heavy atom. The van der Waals surface area contributed by atoms with Gasteiger partial charge in [0.25, 0.3) is 0 Å². The van der Waals surface area contributed by atoms with Gasteiger partial charge in [-0.05, 0) is 59.1 Å². The van der Waals surface area contributed by atoms with Crippen molar-refractivity contribution >= 4 is 41.3 Å². The molecule has 0 bridgehead atoms. The number of hydrogen-bond donors (Lipinski definition) is 2. The summed E-state index contributed by atoms with van der Waals surface area (Å²) in [4.78, 5) is 8.87. The van der Waals surface area contributed by atoms with Gasteiger partial charge in [-0.2, -0.15) is 11.3 Å². The smallest absolute Gasteiger partial charge is 0.219 e. The van der Waals surface area contributed by atoms with Crippen LogP contribution in [-0.2, 0) is 13.1 Å². The summed E-state index contributed by atoms with van der Waals surface area (Å²) in [5, 5.41) is 10.7. The summed E-state index contributed by atoms with van der Waals surface area (Å²) in [5.74, 6) is 1.47. The molecule has 0 atom stereocenters. The molecule has 5 nitrogen and oxygen atoms in total. The molecule has 148 valence electrons. The third kappa shape index (κ3) is 7.08. The lowest BCUT2D eigenvalue weighted by molar-refractivity contribution is 0.461. The highest BCUT2D eigenvalue weighted by molar-refractivity contribution is 14.0. The summed E-state index contributed by atoms with van der Waals surface area (Å²) in [7, 11) is 0. The number of ether oxygens (including phenoxy) is 1. The number of thiophene rings is 1. The lowest BCUT2D eigenvalue weighted by atomic mass is 10.3. The molecule has 0 aliphatic heterocycles. The van der Waals surface area contributed by atoms with Gasteiger partial charge in [0, 0.05) is 25.4 Å². The van der Waals surface area contributed by atoms with Gasteiger partial charge < -0.3 is 15.4 Å². The Morgan fingerprint density at radius 2 is 1.93 bits per heavy atom. The second-order valence-corrected chi connectivity index (χ2v) is 6.52. The van der Waals surface area contributed by atoms with Gasteiger partial charge in [-0.1, -0.05) is 6.07 Å². The quantitative estimate of drug-likeness (QED) is 0.267. The lowest BCUT2D eigenvalue weighted by Crippen LogP contribution is -2.36. The first kappa shape index (κ1) is 22.1.